The van der Waals surface area contributed by atoms with E-state index in [4.69, 9.17) is 0 Å². The average molecular weight is 324 g/mol. The normalized spacial score (nSPS) is 10.3. The number of rotatable bonds is 5. The lowest BCUT2D eigenvalue weighted by atomic mass is 10.1. The van der Waals surface area contributed by atoms with Crippen molar-refractivity contribution in [2.75, 3.05) is 16.8 Å². The highest BCUT2D eigenvalue weighted by Crippen LogP contribution is 2.20. The van der Waals surface area contributed by atoms with E-state index < -0.39 is 0 Å². The Morgan fingerprint density at radius 2 is 1.67 bits per heavy atom. The van der Waals surface area contributed by atoms with Crippen LogP contribution in [0.3, 0.4) is 0 Å². The molecule has 0 fully saturated rings. The van der Waals surface area contributed by atoms with Gasteiger partial charge in [0.25, 0.3) is 0 Å². The molecule has 2 amide bonds. The maximum absolute atomic E-state index is 12.2. The van der Waals surface area contributed by atoms with Crippen molar-refractivity contribution in [2.24, 2.45) is 0 Å². The van der Waals surface area contributed by atoms with Crippen molar-refractivity contribution in [1.29, 1.82) is 0 Å². The van der Waals surface area contributed by atoms with Gasteiger partial charge in [0.05, 0.1) is 0 Å². The van der Waals surface area contributed by atoms with Crippen LogP contribution >= 0.6 is 0 Å². The zero-order valence-corrected chi connectivity index (χ0v) is 14.7. The minimum atomic E-state index is -0.0978. The molecule has 0 saturated heterocycles. The van der Waals surface area contributed by atoms with E-state index in [-0.39, 0.29) is 18.2 Å². The summed E-state index contributed by atoms with van der Waals surface area (Å²) in [4.78, 5) is 25.8. The molecule has 24 heavy (non-hydrogen) atoms. The number of carbonyl (C=O) groups excluding carboxylic acids is 2. The largest absolute Gasteiger partial charge is 0.326 e. The van der Waals surface area contributed by atoms with Crippen LogP contribution in [-0.2, 0) is 9.59 Å². The van der Waals surface area contributed by atoms with Crippen molar-refractivity contribution in [3.63, 3.8) is 0 Å². The van der Waals surface area contributed by atoms with Gasteiger partial charge in [0, 0.05) is 31.3 Å². The molecule has 0 aromatic heterocycles. The fourth-order valence-electron chi connectivity index (χ4n) is 2.50. The van der Waals surface area contributed by atoms with Gasteiger partial charge in [-0.15, -0.1) is 0 Å². The summed E-state index contributed by atoms with van der Waals surface area (Å²) in [6.45, 7) is 7.88. The number of para-hydroxylation sites is 1. The molecule has 2 rings (SSSR count). The monoisotopic (exact) mass is 324 g/mol. The Kier molecular flexibility index (Phi) is 5.74. The summed E-state index contributed by atoms with van der Waals surface area (Å²) in [6, 6.07) is 13.5. The molecule has 0 unspecified atom stereocenters. The van der Waals surface area contributed by atoms with Crippen LogP contribution in [0.2, 0.25) is 0 Å². The summed E-state index contributed by atoms with van der Waals surface area (Å²) >= 11 is 0. The summed E-state index contributed by atoms with van der Waals surface area (Å²) in [5.74, 6) is -0.165. The number of amides is 2. The zero-order valence-electron chi connectivity index (χ0n) is 14.7. The number of carbonyl (C=O) groups is 2. The van der Waals surface area contributed by atoms with Crippen molar-refractivity contribution in [3.8, 4) is 0 Å². The van der Waals surface area contributed by atoms with Crippen molar-refractivity contribution < 1.29 is 9.59 Å². The Bertz CT molecular complexity index is 753. The first kappa shape index (κ1) is 17.7. The summed E-state index contributed by atoms with van der Waals surface area (Å²) < 4.78 is 0. The Morgan fingerprint density at radius 1 is 0.958 bits per heavy atom. The van der Waals surface area contributed by atoms with Gasteiger partial charge in [-0.3, -0.25) is 9.59 Å². The summed E-state index contributed by atoms with van der Waals surface area (Å²) in [6.07, 6.45) is 0.251. The van der Waals surface area contributed by atoms with Crippen LogP contribution in [0.15, 0.2) is 42.5 Å². The molecule has 1 N–H and O–H groups in total. The summed E-state index contributed by atoms with van der Waals surface area (Å²) in [5, 5.41) is 2.90. The Hall–Kier alpha value is -2.62. The zero-order chi connectivity index (χ0) is 17.7. The first-order chi connectivity index (χ1) is 11.4. The quantitative estimate of drug-likeness (QED) is 0.904. The first-order valence-electron chi connectivity index (χ1n) is 8.09. The Labute approximate surface area is 143 Å². The molecule has 4 nitrogen and oxygen atoms in total. The van der Waals surface area contributed by atoms with E-state index in [1.807, 2.05) is 63.2 Å². The number of nitrogens with zero attached hydrogens (tertiary/aromatic N) is 1. The third kappa shape index (κ3) is 4.44. The lowest BCUT2D eigenvalue weighted by Gasteiger charge is -2.22. The van der Waals surface area contributed by atoms with Gasteiger partial charge in [0.1, 0.15) is 0 Å². The third-order valence-electron chi connectivity index (χ3n) is 4.16. The van der Waals surface area contributed by atoms with E-state index in [0.29, 0.717) is 6.54 Å². The van der Waals surface area contributed by atoms with Crippen molar-refractivity contribution >= 4 is 23.2 Å². The highest BCUT2D eigenvalue weighted by atomic mass is 16.2. The van der Waals surface area contributed by atoms with Gasteiger partial charge in [0.15, 0.2) is 0 Å². The van der Waals surface area contributed by atoms with Gasteiger partial charge in [-0.05, 0) is 55.7 Å². The van der Waals surface area contributed by atoms with Gasteiger partial charge in [-0.1, -0.05) is 24.3 Å². The maximum atomic E-state index is 12.2. The van der Waals surface area contributed by atoms with E-state index in [2.05, 4.69) is 5.32 Å². The molecule has 0 atom stereocenters. The van der Waals surface area contributed by atoms with Gasteiger partial charge in [0.2, 0.25) is 11.8 Å². The second-order valence-corrected chi connectivity index (χ2v) is 6.05. The lowest BCUT2D eigenvalue weighted by Crippen LogP contribution is -2.32. The number of aryl methyl sites for hydroxylation is 3. The third-order valence-corrected chi connectivity index (χ3v) is 4.16. The van der Waals surface area contributed by atoms with Crippen molar-refractivity contribution in [3.05, 3.63) is 59.2 Å². The molecule has 0 saturated carbocycles. The number of hydrogen-bond donors (Lipinski definition) is 1. The van der Waals surface area contributed by atoms with E-state index in [9.17, 15) is 9.59 Å². The molecule has 0 heterocycles. The minimum Gasteiger partial charge on any atom is -0.326 e. The second kappa shape index (κ2) is 7.77. The first-order valence-corrected chi connectivity index (χ1v) is 8.09. The van der Waals surface area contributed by atoms with Crippen LogP contribution < -0.4 is 10.2 Å². The van der Waals surface area contributed by atoms with E-state index >= 15 is 0 Å². The number of hydrogen-bond acceptors (Lipinski definition) is 2. The van der Waals surface area contributed by atoms with Crippen LogP contribution in [0.4, 0.5) is 11.4 Å². The van der Waals surface area contributed by atoms with E-state index in [0.717, 1.165) is 22.5 Å². The molecule has 2 aromatic carbocycles. The van der Waals surface area contributed by atoms with Crippen LogP contribution in [0.25, 0.3) is 0 Å². The van der Waals surface area contributed by atoms with Crippen LogP contribution in [0.5, 0.6) is 0 Å². The van der Waals surface area contributed by atoms with Crippen molar-refractivity contribution in [2.45, 2.75) is 34.1 Å². The van der Waals surface area contributed by atoms with Gasteiger partial charge in [-0.2, -0.15) is 0 Å². The predicted molar refractivity (Wildman–Crippen MR) is 98.4 cm³/mol. The Morgan fingerprint density at radius 3 is 2.29 bits per heavy atom. The summed E-state index contributed by atoms with van der Waals surface area (Å²) in [7, 11) is 0. The molecule has 0 bridgehead atoms. The fourth-order valence-corrected chi connectivity index (χ4v) is 2.50. The molecular formula is C20H24N2O2. The maximum Gasteiger partial charge on any atom is 0.226 e. The van der Waals surface area contributed by atoms with Crippen LogP contribution in [-0.4, -0.2) is 18.4 Å². The standard InChI is InChI=1S/C20H24N2O2/c1-14-9-10-18(13-16(14)3)22(17(4)23)12-11-20(24)21-19-8-6-5-7-15(19)2/h5-10,13H,11-12H2,1-4H3,(H,21,24). The molecule has 4 heteroatoms. The average Bonchev–Trinajstić information content (AvgIpc) is 2.53. The van der Waals surface area contributed by atoms with Gasteiger partial charge in [-0.25, -0.2) is 0 Å². The minimum absolute atomic E-state index is 0.0676. The lowest BCUT2D eigenvalue weighted by molar-refractivity contribution is -0.117. The molecule has 0 aliphatic carbocycles. The van der Waals surface area contributed by atoms with Crippen molar-refractivity contribution in [1.82, 2.24) is 0 Å². The smallest absolute Gasteiger partial charge is 0.226 e. The van der Waals surface area contributed by atoms with Crippen LogP contribution in [0.1, 0.15) is 30.0 Å². The molecule has 0 spiro atoms. The number of anilines is 2. The molecular weight excluding hydrogens is 300 g/mol. The highest BCUT2D eigenvalue weighted by molar-refractivity contribution is 5.95. The SMILES string of the molecule is CC(=O)N(CCC(=O)Nc1ccccc1C)c1ccc(C)c(C)c1. The van der Waals surface area contributed by atoms with Gasteiger partial charge >= 0.3 is 0 Å². The van der Waals surface area contributed by atoms with E-state index in [1.165, 1.54) is 12.5 Å². The highest BCUT2D eigenvalue weighted by Gasteiger charge is 2.14. The number of benzene rings is 2. The topological polar surface area (TPSA) is 49.4 Å². The Balaban J connectivity index is 2.03. The van der Waals surface area contributed by atoms with Gasteiger partial charge < -0.3 is 10.2 Å². The molecule has 126 valence electrons. The predicted octanol–water partition coefficient (Wildman–Crippen LogP) is 3.99. The summed E-state index contributed by atoms with van der Waals surface area (Å²) in [5.41, 5.74) is 4.96. The molecule has 2 aromatic rings. The number of nitrogens with one attached hydrogen (secondary N) is 1. The molecule has 0 radical (unpaired) electrons. The van der Waals surface area contributed by atoms with Crippen LogP contribution in [0, 0.1) is 20.8 Å². The second-order valence-electron chi connectivity index (χ2n) is 6.05. The molecule has 0 aliphatic heterocycles. The van der Waals surface area contributed by atoms with E-state index in [1.54, 1.807) is 4.90 Å². The fraction of sp³-hybridized carbons (Fsp3) is 0.300. The molecule has 0 aliphatic rings.